The normalized spacial score (nSPS) is 15.5. The molecule has 138 valence electrons. The van der Waals surface area contributed by atoms with Crippen LogP contribution >= 0.6 is 0 Å². The van der Waals surface area contributed by atoms with Crippen LogP contribution in [-0.2, 0) is 6.54 Å². The minimum Gasteiger partial charge on any atom is -0.493 e. The van der Waals surface area contributed by atoms with E-state index in [1.54, 1.807) is 26.4 Å². The average molecular weight is 355 g/mol. The zero-order valence-electron chi connectivity index (χ0n) is 15.3. The molecule has 1 aliphatic rings. The molecule has 5 heteroatoms. The Hall–Kier alpha value is -2.53. The molecule has 1 aliphatic heterocycles. The molecule has 2 aromatic carbocycles. The van der Waals surface area contributed by atoms with Gasteiger partial charge in [0.15, 0.2) is 11.5 Å². The Morgan fingerprint density at radius 3 is 2.19 bits per heavy atom. The predicted octanol–water partition coefficient (Wildman–Crippen LogP) is 3.56. The Balaban J connectivity index is 1.63. The molecule has 0 aromatic heterocycles. The SMILES string of the molecule is COc1cc(C=O)cc(OC)c1OC1CCN(Cc2ccccc2)CC1. The van der Waals surface area contributed by atoms with E-state index < -0.39 is 0 Å². The summed E-state index contributed by atoms with van der Waals surface area (Å²) in [5.74, 6) is 1.62. The molecule has 0 amide bonds. The zero-order valence-corrected chi connectivity index (χ0v) is 15.3. The van der Waals surface area contributed by atoms with Crippen LogP contribution in [0.3, 0.4) is 0 Å². The molecule has 1 fully saturated rings. The van der Waals surface area contributed by atoms with Crippen molar-refractivity contribution in [3.8, 4) is 17.2 Å². The minimum absolute atomic E-state index is 0.104. The number of methoxy groups -OCH3 is 2. The third-order valence-electron chi connectivity index (χ3n) is 4.69. The van der Waals surface area contributed by atoms with Crippen LogP contribution < -0.4 is 14.2 Å². The number of carbonyl (C=O) groups excluding carboxylic acids is 1. The number of hydrogen-bond donors (Lipinski definition) is 0. The van der Waals surface area contributed by atoms with Gasteiger partial charge in [0.05, 0.1) is 14.2 Å². The van der Waals surface area contributed by atoms with Gasteiger partial charge in [-0.25, -0.2) is 0 Å². The van der Waals surface area contributed by atoms with Gasteiger partial charge in [-0.2, -0.15) is 0 Å². The molecular weight excluding hydrogens is 330 g/mol. The fourth-order valence-electron chi connectivity index (χ4n) is 3.28. The molecule has 1 saturated heterocycles. The maximum absolute atomic E-state index is 11.1. The number of nitrogens with zero attached hydrogens (tertiary/aromatic N) is 1. The molecule has 0 radical (unpaired) electrons. The number of ether oxygens (including phenoxy) is 3. The number of piperidine rings is 1. The van der Waals surface area contributed by atoms with Gasteiger partial charge >= 0.3 is 0 Å². The van der Waals surface area contributed by atoms with Crippen LogP contribution in [0.15, 0.2) is 42.5 Å². The van der Waals surface area contributed by atoms with Gasteiger partial charge in [0.1, 0.15) is 12.4 Å². The standard InChI is InChI=1S/C21H25NO4/c1-24-19-12-17(15-23)13-20(25-2)21(19)26-18-8-10-22(11-9-18)14-16-6-4-3-5-7-16/h3-7,12-13,15,18H,8-11,14H2,1-2H3. The first-order chi connectivity index (χ1) is 12.7. The van der Waals surface area contributed by atoms with Gasteiger partial charge in [-0.05, 0) is 30.5 Å². The van der Waals surface area contributed by atoms with Gasteiger partial charge < -0.3 is 14.2 Å². The molecule has 0 saturated carbocycles. The highest BCUT2D eigenvalue weighted by atomic mass is 16.5. The summed E-state index contributed by atoms with van der Waals surface area (Å²) in [5, 5.41) is 0. The monoisotopic (exact) mass is 355 g/mol. The van der Waals surface area contributed by atoms with Crippen molar-refractivity contribution < 1.29 is 19.0 Å². The predicted molar refractivity (Wildman–Crippen MR) is 100 cm³/mol. The van der Waals surface area contributed by atoms with E-state index in [1.807, 2.05) is 6.07 Å². The first-order valence-electron chi connectivity index (χ1n) is 8.87. The largest absolute Gasteiger partial charge is 0.493 e. The maximum atomic E-state index is 11.1. The van der Waals surface area contributed by atoms with Crippen LogP contribution in [0.2, 0.25) is 0 Å². The summed E-state index contributed by atoms with van der Waals surface area (Å²) >= 11 is 0. The van der Waals surface area contributed by atoms with Crippen LogP contribution in [0.5, 0.6) is 17.2 Å². The Morgan fingerprint density at radius 1 is 1.04 bits per heavy atom. The lowest BCUT2D eigenvalue weighted by Gasteiger charge is -2.32. The van der Waals surface area contributed by atoms with E-state index in [4.69, 9.17) is 14.2 Å². The lowest BCUT2D eigenvalue weighted by Crippen LogP contribution is -2.37. The number of aldehydes is 1. The highest BCUT2D eigenvalue weighted by Gasteiger charge is 2.24. The molecule has 26 heavy (non-hydrogen) atoms. The van der Waals surface area contributed by atoms with Crippen molar-refractivity contribution in [2.75, 3.05) is 27.3 Å². The molecule has 0 unspecified atom stereocenters. The topological polar surface area (TPSA) is 48.0 Å². The molecule has 0 aliphatic carbocycles. The molecule has 1 heterocycles. The quantitative estimate of drug-likeness (QED) is 0.711. The molecule has 0 atom stereocenters. The number of rotatable bonds is 7. The molecule has 3 rings (SSSR count). The second kappa shape index (κ2) is 8.72. The van der Waals surface area contributed by atoms with E-state index in [0.717, 1.165) is 38.8 Å². The summed E-state index contributed by atoms with van der Waals surface area (Å²) in [4.78, 5) is 13.5. The molecular formula is C21H25NO4. The van der Waals surface area contributed by atoms with Gasteiger partial charge in [-0.3, -0.25) is 9.69 Å². The summed E-state index contributed by atoms with van der Waals surface area (Å²) in [6.07, 6.45) is 2.76. The summed E-state index contributed by atoms with van der Waals surface area (Å²) in [6.45, 7) is 2.93. The highest BCUT2D eigenvalue weighted by Crippen LogP contribution is 2.39. The van der Waals surface area contributed by atoms with E-state index in [2.05, 4.69) is 29.2 Å². The minimum atomic E-state index is 0.104. The highest BCUT2D eigenvalue weighted by molar-refractivity contribution is 5.78. The lowest BCUT2D eigenvalue weighted by molar-refractivity contribution is 0.0916. The second-order valence-electron chi connectivity index (χ2n) is 6.45. The van der Waals surface area contributed by atoms with Crippen LogP contribution in [0, 0.1) is 0 Å². The van der Waals surface area contributed by atoms with E-state index in [0.29, 0.717) is 22.8 Å². The Kier molecular flexibility index (Phi) is 6.12. The van der Waals surface area contributed by atoms with Crippen molar-refractivity contribution in [1.82, 2.24) is 4.90 Å². The van der Waals surface area contributed by atoms with Crippen molar-refractivity contribution in [3.63, 3.8) is 0 Å². The maximum Gasteiger partial charge on any atom is 0.203 e. The Labute approximate surface area is 154 Å². The molecule has 5 nitrogen and oxygen atoms in total. The number of likely N-dealkylation sites (tertiary alicyclic amines) is 1. The average Bonchev–Trinajstić information content (AvgIpc) is 2.70. The molecule has 0 N–H and O–H groups in total. The van der Waals surface area contributed by atoms with E-state index in [-0.39, 0.29) is 6.10 Å². The third kappa shape index (κ3) is 4.35. The van der Waals surface area contributed by atoms with Crippen molar-refractivity contribution in [3.05, 3.63) is 53.6 Å². The Bertz CT molecular complexity index is 699. The molecule has 0 bridgehead atoms. The fourth-order valence-corrected chi connectivity index (χ4v) is 3.28. The van der Waals surface area contributed by atoms with E-state index in [9.17, 15) is 4.79 Å². The van der Waals surface area contributed by atoms with Gasteiger partial charge in [-0.15, -0.1) is 0 Å². The molecule has 0 spiro atoms. The van der Waals surface area contributed by atoms with Crippen molar-refractivity contribution in [2.45, 2.75) is 25.5 Å². The van der Waals surface area contributed by atoms with E-state index in [1.165, 1.54) is 5.56 Å². The Morgan fingerprint density at radius 2 is 1.65 bits per heavy atom. The van der Waals surface area contributed by atoms with Crippen molar-refractivity contribution >= 4 is 6.29 Å². The number of hydrogen-bond acceptors (Lipinski definition) is 5. The summed E-state index contributed by atoms with van der Waals surface area (Å²) in [5.41, 5.74) is 1.84. The summed E-state index contributed by atoms with van der Waals surface area (Å²) in [7, 11) is 3.14. The van der Waals surface area contributed by atoms with Gasteiger partial charge in [0.2, 0.25) is 5.75 Å². The fraction of sp³-hybridized carbons (Fsp3) is 0.381. The van der Waals surface area contributed by atoms with Crippen LogP contribution in [0.4, 0.5) is 0 Å². The van der Waals surface area contributed by atoms with Crippen LogP contribution in [-0.4, -0.2) is 44.6 Å². The number of benzene rings is 2. The van der Waals surface area contributed by atoms with Crippen LogP contribution in [0.1, 0.15) is 28.8 Å². The van der Waals surface area contributed by atoms with Crippen molar-refractivity contribution in [2.24, 2.45) is 0 Å². The first-order valence-corrected chi connectivity index (χ1v) is 8.87. The first kappa shape index (κ1) is 18.3. The van der Waals surface area contributed by atoms with Crippen molar-refractivity contribution in [1.29, 1.82) is 0 Å². The third-order valence-corrected chi connectivity index (χ3v) is 4.69. The lowest BCUT2D eigenvalue weighted by atomic mass is 10.1. The van der Waals surface area contributed by atoms with Crippen LogP contribution in [0.25, 0.3) is 0 Å². The smallest absolute Gasteiger partial charge is 0.203 e. The van der Waals surface area contributed by atoms with Gasteiger partial charge in [0, 0.05) is 25.2 Å². The zero-order chi connectivity index (χ0) is 18.4. The second-order valence-corrected chi connectivity index (χ2v) is 6.45. The van der Waals surface area contributed by atoms with Gasteiger partial charge in [0.25, 0.3) is 0 Å². The van der Waals surface area contributed by atoms with Gasteiger partial charge in [-0.1, -0.05) is 30.3 Å². The van der Waals surface area contributed by atoms with E-state index >= 15 is 0 Å². The summed E-state index contributed by atoms with van der Waals surface area (Å²) in [6, 6.07) is 13.9. The molecule has 2 aromatic rings. The number of carbonyl (C=O) groups is 1. The summed E-state index contributed by atoms with van der Waals surface area (Å²) < 4.78 is 17.0.